The topological polar surface area (TPSA) is 55.7 Å². The van der Waals surface area contributed by atoms with Gasteiger partial charge in [0.25, 0.3) is 0 Å². The van der Waals surface area contributed by atoms with E-state index in [1.165, 1.54) is 11.3 Å². The number of nitrogens with one attached hydrogen (secondary N) is 1. The minimum atomic E-state index is 0.341. The van der Waals surface area contributed by atoms with E-state index >= 15 is 0 Å². The summed E-state index contributed by atoms with van der Waals surface area (Å²) in [6.45, 7) is 2.29. The van der Waals surface area contributed by atoms with Gasteiger partial charge >= 0.3 is 0 Å². The molecule has 7 heteroatoms. The summed E-state index contributed by atoms with van der Waals surface area (Å²) in [6, 6.07) is 13.2. The number of rotatable bonds is 7. The van der Waals surface area contributed by atoms with E-state index in [9.17, 15) is 0 Å². The van der Waals surface area contributed by atoms with Crippen molar-refractivity contribution >= 4 is 34.3 Å². The Balaban J connectivity index is 1.70. The molecule has 3 aromatic rings. The summed E-state index contributed by atoms with van der Waals surface area (Å²) in [4.78, 5) is 4.30. The summed E-state index contributed by atoms with van der Waals surface area (Å²) < 4.78 is 11.2. The summed E-state index contributed by atoms with van der Waals surface area (Å²) in [6.07, 6.45) is 1.73. The van der Waals surface area contributed by atoms with Crippen LogP contribution in [0.25, 0.3) is 0 Å². The fraction of sp³-hybridized carbons (Fsp3) is 0.158. The molecule has 0 unspecified atom stereocenters. The summed E-state index contributed by atoms with van der Waals surface area (Å²) >= 11 is 7.65. The predicted octanol–water partition coefficient (Wildman–Crippen LogP) is 5.14. The van der Waals surface area contributed by atoms with Gasteiger partial charge in [-0.3, -0.25) is 5.43 Å². The largest absolute Gasteiger partial charge is 0.496 e. The number of anilines is 1. The zero-order chi connectivity index (χ0) is 18.4. The van der Waals surface area contributed by atoms with Crippen LogP contribution in [0.15, 0.2) is 52.9 Å². The second-order valence-electron chi connectivity index (χ2n) is 5.45. The molecule has 0 saturated heterocycles. The monoisotopic (exact) mass is 387 g/mol. The smallest absolute Gasteiger partial charge is 0.203 e. The zero-order valence-electron chi connectivity index (χ0n) is 14.4. The number of halogens is 1. The fourth-order valence-corrected chi connectivity index (χ4v) is 3.10. The lowest BCUT2D eigenvalue weighted by atomic mass is 10.1. The SMILES string of the molecule is COc1ccc(C=NNc2nc(C)cs2)cc1COc1ccccc1Cl. The molecular weight excluding hydrogens is 370 g/mol. The lowest BCUT2D eigenvalue weighted by Crippen LogP contribution is -2.00. The molecule has 0 aliphatic carbocycles. The molecule has 0 saturated carbocycles. The molecule has 134 valence electrons. The van der Waals surface area contributed by atoms with Gasteiger partial charge in [0.05, 0.1) is 24.0 Å². The second kappa shape index (κ2) is 8.69. The van der Waals surface area contributed by atoms with Gasteiger partial charge in [-0.05, 0) is 42.8 Å². The Labute approximate surface area is 161 Å². The molecule has 1 aromatic heterocycles. The van der Waals surface area contributed by atoms with Crippen LogP contribution in [0.1, 0.15) is 16.8 Å². The number of ether oxygens (including phenoxy) is 2. The van der Waals surface area contributed by atoms with Crippen LogP contribution in [0.5, 0.6) is 11.5 Å². The molecular formula is C19H18ClN3O2S. The van der Waals surface area contributed by atoms with E-state index in [4.69, 9.17) is 21.1 Å². The highest BCUT2D eigenvalue weighted by molar-refractivity contribution is 7.13. The van der Waals surface area contributed by atoms with E-state index in [0.29, 0.717) is 17.4 Å². The lowest BCUT2D eigenvalue weighted by Gasteiger charge is -2.12. The van der Waals surface area contributed by atoms with Crippen LogP contribution in [0, 0.1) is 6.92 Å². The molecule has 0 radical (unpaired) electrons. The molecule has 0 spiro atoms. The maximum Gasteiger partial charge on any atom is 0.203 e. The highest BCUT2D eigenvalue weighted by atomic mass is 35.5. The van der Waals surface area contributed by atoms with Gasteiger partial charge in [0.1, 0.15) is 18.1 Å². The molecule has 1 N–H and O–H groups in total. The van der Waals surface area contributed by atoms with Crippen molar-refractivity contribution in [2.75, 3.05) is 12.5 Å². The Bertz CT molecular complexity index is 911. The molecule has 1 heterocycles. The zero-order valence-corrected chi connectivity index (χ0v) is 16.0. The lowest BCUT2D eigenvalue weighted by molar-refractivity contribution is 0.297. The fourth-order valence-electron chi connectivity index (χ4n) is 2.28. The van der Waals surface area contributed by atoms with Crippen molar-refractivity contribution in [1.82, 2.24) is 4.98 Å². The van der Waals surface area contributed by atoms with Gasteiger partial charge in [-0.25, -0.2) is 4.98 Å². The Morgan fingerprint density at radius 3 is 2.81 bits per heavy atom. The third-order valence-corrected chi connectivity index (χ3v) is 4.69. The van der Waals surface area contributed by atoms with Crippen LogP contribution in [-0.4, -0.2) is 18.3 Å². The number of thiazole rings is 1. The van der Waals surface area contributed by atoms with Crippen molar-refractivity contribution in [1.29, 1.82) is 0 Å². The number of aryl methyl sites for hydroxylation is 1. The number of benzene rings is 2. The number of nitrogens with zero attached hydrogens (tertiary/aromatic N) is 2. The average Bonchev–Trinajstić information content (AvgIpc) is 3.06. The summed E-state index contributed by atoms with van der Waals surface area (Å²) in [5, 5.41) is 7.53. The number of hydrogen-bond donors (Lipinski definition) is 1. The van der Waals surface area contributed by atoms with Gasteiger partial charge in [0.2, 0.25) is 5.13 Å². The Kier molecular flexibility index (Phi) is 6.09. The quantitative estimate of drug-likeness (QED) is 0.450. The van der Waals surface area contributed by atoms with Crippen molar-refractivity contribution in [3.63, 3.8) is 0 Å². The third kappa shape index (κ3) is 4.74. The molecule has 26 heavy (non-hydrogen) atoms. The third-order valence-electron chi connectivity index (χ3n) is 3.52. The van der Waals surface area contributed by atoms with Crippen LogP contribution in [0.4, 0.5) is 5.13 Å². The van der Waals surface area contributed by atoms with Gasteiger partial charge in [0.15, 0.2) is 0 Å². The Hall–Kier alpha value is -2.57. The summed E-state index contributed by atoms with van der Waals surface area (Å²) in [5.74, 6) is 1.38. The molecule has 0 atom stereocenters. The van der Waals surface area contributed by atoms with Gasteiger partial charge in [-0.1, -0.05) is 23.7 Å². The normalized spacial score (nSPS) is 10.9. The van der Waals surface area contributed by atoms with E-state index in [-0.39, 0.29) is 0 Å². The minimum absolute atomic E-state index is 0.341. The molecule has 0 amide bonds. The number of hydrazone groups is 1. The van der Waals surface area contributed by atoms with Crippen LogP contribution >= 0.6 is 22.9 Å². The van der Waals surface area contributed by atoms with Gasteiger partial charge < -0.3 is 9.47 Å². The van der Waals surface area contributed by atoms with E-state index < -0.39 is 0 Å². The highest BCUT2D eigenvalue weighted by Crippen LogP contribution is 2.26. The van der Waals surface area contributed by atoms with E-state index in [1.807, 2.05) is 48.7 Å². The van der Waals surface area contributed by atoms with Crippen LogP contribution in [0.3, 0.4) is 0 Å². The van der Waals surface area contributed by atoms with Gasteiger partial charge in [0, 0.05) is 10.9 Å². The summed E-state index contributed by atoms with van der Waals surface area (Å²) in [7, 11) is 1.63. The molecule has 0 bridgehead atoms. The maximum atomic E-state index is 6.13. The van der Waals surface area contributed by atoms with Crippen molar-refractivity contribution in [3.05, 3.63) is 69.7 Å². The number of hydrogen-bond acceptors (Lipinski definition) is 6. The van der Waals surface area contributed by atoms with Gasteiger partial charge in [-0.15, -0.1) is 11.3 Å². The van der Waals surface area contributed by atoms with E-state index in [0.717, 1.165) is 27.7 Å². The first kappa shape index (κ1) is 18.2. The first-order valence-corrected chi connectivity index (χ1v) is 9.17. The maximum absolute atomic E-state index is 6.13. The van der Waals surface area contributed by atoms with E-state index in [1.54, 1.807) is 19.4 Å². The van der Waals surface area contributed by atoms with Crippen LogP contribution < -0.4 is 14.9 Å². The summed E-state index contributed by atoms with van der Waals surface area (Å²) in [5.41, 5.74) is 5.72. The van der Waals surface area contributed by atoms with Gasteiger partial charge in [-0.2, -0.15) is 5.10 Å². The molecule has 0 fully saturated rings. The number of para-hydroxylation sites is 1. The second-order valence-corrected chi connectivity index (χ2v) is 6.72. The van der Waals surface area contributed by atoms with Crippen LogP contribution in [-0.2, 0) is 6.61 Å². The predicted molar refractivity (Wildman–Crippen MR) is 107 cm³/mol. The molecule has 2 aromatic carbocycles. The molecule has 0 aliphatic rings. The van der Waals surface area contributed by atoms with Crippen molar-refractivity contribution in [2.24, 2.45) is 5.10 Å². The molecule has 0 aliphatic heterocycles. The minimum Gasteiger partial charge on any atom is -0.496 e. The standard InChI is InChI=1S/C19H18ClN3O2S/c1-13-12-26-19(22-13)23-21-10-14-7-8-17(24-2)15(9-14)11-25-18-6-4-3-5-16(18)20/h3-10,12H,11H2,1-2H3,(H,22,23). The number of aromatic nitrogens is 1. The average molecular weight is 388 g/mol. The van der Waals surface area contributed by atoms with Crippen molar-refractivity contribution in [2.45, 2.75) is 13.5 Å². The Morgan fingerprint density at radius 2 is 2.08 bits per heavy atom. The van der Waals surface area contributed by atoms with Crippen molar-refractivity contribution in [3.8, 4) is 11.5 Å². The van der Waals surface area contributed by atoms with E-state index in [2.05, 4.69) is 15.5 Å². The number of methoxy groups -OCH3 is 1. The highest BCUT2D eigenvalue weighted by Gasteiger charge is 2.07. The first-order chi connectivity index (χ1) is 12.7. The van der Waals surface area contributed by atoms with Crippen molar-refractivity contribution < 1.29 is 9.47 Å². The van der Waals surface area contributed by atoms with Crippen LogP contribution in [0.2, 0.25) is 5.02 Å². The molecule has 5 nitrogen and oxygen atoms in total. The first-order valence-electron chi connectivity index (χ1n) is 7.91. The Morgan fingerprint density at radius 1 is 1.23 bits per heavy atom. The molecule has 3 rings (SSSR count).